The summed E-state index contributed by atoms with van der Waals surface area (Å²) in [6.45, 7) is 27.6. The van der Waals surface area contributed by atoms with Crippen molar-refractivity contribution in [3.8, 4) is 0 Å². The van der Waals surface area contributed by atoms with Crippen molar-refractivity contribution in [2.24, 2.45) is 23.7 Å². The Kier molecular flexibility index (Phi) is 26.9. The van der Waals surface area contributed by atoms with Gasteiger partial charge in [-0.25, -0.2) is 0 Å². The number of fused-ring (bicyclic) bond motifs is 3. The van der Waals surface area contributed by atoms with Gasteiger partial charge in [-0.2, -0.15) is 0 Å². The van der Waals surface area contributed by atoms with Gasteiger partial charge in [0.2, 0.25) is 0 Å². The van der Waals surface area contributed by atoms with E-state index in [0.717, 1.165) is 61.7 Å². The van der Waals surface area contributed by atoms with Crippen molar-refractivity contribution in [1.29, 1.82) is 0 Å². The maximum absolute atomic E-state index is 11.1. The van der Waals surface area contributed by atoms with Crippen LogP contribution in [0.2, 0.25) is 0 Å². The van der Waals surface area contributed by atoms with Crippen LogP contribution in [0.3, 0.4) is 0 Å². The second kappa shape index (κ2) is 29.5. The lowest BCUT2D eigenvalue weighted by atomic mass is 9.92. The molecule has 8 rings (SSSR count). The lowest BCUT2D eigenvalue weighted by Crippen LogP contribution is -2.32. The molecule has 1 saturated carbocycles. The quantitative estimate of drug-likeness (QED) is 0.229. The van der Waals surface area contributed by atoms with Gasteiger partial charge in [0.1, 0.15) is 0 Å². The molecule has 1 spiro atoms. The van der Waals surface area contributed by atoms with E-state index in [1.165, 1.54) is 69.8 Å². The fraction of sp³-hybridized carbons (Fsp3) is 0.635. The molecule has 310 valence electrons. The average Bonchev–Trinajstić information content (AvgIpc) is 3.90. The molecule has 3 aromatic carbocycles. The topological polar surface area (TPSA) is 35.5 Å². The summed E-state index contributed by atoms with van der Waals surface area (Å²) in [5.41, 5.74) is 8.44. The molecule has 0 amide bonds. The van der Waals surface area contributed by atoms with Crippen LogP contribution >= 0.6 is 0 Å². The molecule has 3 nitrogen and oxygen atoms in total. The lowest BCUT2D eigenvalue weighted by Gasteiger charge is -2.30. The number of hydrogen-bond acceptors (Lipinski definition) is 3. The molecule has 5 aliphatic rings. The number of Topliss-reactive ketones (excluding diaryl/α,β-unsaturated/α-hetero) is 1. The monoisotopic (exact) mass is 757 g/mol. The summed E-state index contributed by atoms with van der Waals surface area (Å²) in [7, 11) is 0. The first-order valence-electron chi connectivity index (χ1n) is 22.2. The molecule has 55 heavy (non-hydrogen) atoms. The van der Waals surface area contributed by atoms with Crippen LogP contribution in [-0.4, -0.2) is 24.8 Å². The van der Waals surface area contributed by atoms with Crippen LogP contribution in [0.4, 0.5) is 0 Å². The maximum atomic E-state index is 11.1. The van der Waals surface area contributed by atoms with Gasteiger partial charge in [-0.1, -0.05) is 162 Å². The second-order valence-corrected chi connectivity index (χ2v) is 18.3. The molecule has 0 aromatic heterocycles. The van der Waals surface area contributed by atoms with Gasteiger partial charge in [-0.3, -0.25) is 4.79 Å². The third kappa shape index (κ3) is 24.5. The third-order valence-electron chi connectivity index (χ3n) is 8.64. The zero-order valence-corrected chi connectivity index (χ0v) is 37.8. The van der Waals surface area contributed by atoms with Crippen LogP contribution < -0.4 is 0 Å². The molecule has 0 N–H and O–H groups in total. The predicted octanol–water partition coefficient (Wildman–Crippen LogP) is 14.9. The van der Waals surface area contributed by atoms with E-state index in [1.54, 1.807) is 22.3 Å². The SMILES string of the molecule is C1CCC2(CC1)OCCO2.CC(C)C.CC(C)C.CC(C)C.CC(C)C.O=C1CCc2ccccc21.c1ccc2c(c1)CCC2.c1ccc2c(c1)CCCC2. The number of carbonyl (C=O) groups excluding carboxylic acids is 1. The Morgan fingerprint density at radius 1 is 0.400 bits per heavy atom. The fourth-order valence-electron chi connectivity index (χ4n) is 6.46. The van der Waals surface area contributed by atoms with Crippen molar-refractivity contribution in [3.63, 3.8) is 0 Å². The summed E-state index contributed by atoms with van der Waals surface area (Å²) < 4.78 is 11.1. The molecular weight excluding hydrogens is 673 g/mol. The molecule has 0 atom stereocenters. The summed E-state index contributed by atoms with van der Waals surface area (Å²) in [6.07, 6.45) is 17.1. The van der Waals surface area contributed by atoms with E-state index < -0.39 is 0 Å². The summed E-state index contributed by atoms with van der Waals surface area (Å²) in [5, 5.41) is 0. The number of aryl methyl sites for hydroxylation is 5. The van der Waals surface area contributed by atoms with Crippen LogP contribution in [0.25, 0.3) is 0 Å². The first-order chi connectivity index (χ1) is 26.2. The Morgan fingerprint density at radius 2 is 0.727 bits per heavy atom. The number of ether oxygens (including phenoxy) is 2. The van der Waals surface area contributed by atoms with E-state index in [2.05, 4.69) is 132 Å². The van der Waals surface area contributed by atoms with E-state index in [4.69, 9.17) is 9.47 Å². The molecular formula is C52H84O3. The number of carbonyl (C=O) groups is 1. The van der Waals surface area contributed by atoms with Gasteiger partial charge in [0.15, 0.2) is 11.6 Å². The average molecular weight is 757 g/mol. The smallest absolute Gasteiger partial charge is 0.168 e. The highest BCUT2D eigenvalue weighted by molar-refractivity contribution is 6.00. The van der Waals surface area contributed by atoms with E-state index in [9.17, 15) is 4.79 Å². The van der Waals surface area contributed by atoms with Crippen molar-refractivity contribution >= 4 is 5.78 Å². The largest absolute Gasteiger partial charge is 0.348 e. The molecule has 1 aliphatic heterocycles. The van der Waals surface area contributed by atoms with Crippen molar-refractivity contribution in [2.45, 2.75) is 179 Å². The van der Waals surface area contributed by atoms with Gasteiger partial charge < -0.3 is 9.47 Å². The molecule has 3 heteroatoms. The molecule has 1 heterocycles. The molecule has 2 fully saturated rings. The molecule has 4 aliphatic carbocycles. The summed E-state index contributed by atoms with van der Waals surface area (Å²) in [6, 6.07) is 25.4. The maximum Gasteiger partial charge on any atom is 0.168 e. The van der Waals surface area contributed by atoms with Gasteiger partial charge >= 0.3 is 0 Å². The van der Waals surface area contributed by atoms with Crippen LogP contribution in [-0.2, 0) is 41.6 Å². The minimum atomic E-state index is -0.127. The Hall–Kier alpha value is -2.75. The Balaban J connectivity index is 0.000000326. The molecule has 0 bridgehead atoms. The summed E-state index contributed by atoms with van der Waals surface area (Å²) >= 11 is 0. The predicted molar refractivity (Wildman–Crippen MR) is 240 cm³/mol. The van der Waals surface area contributed by atoms with Gasteiger partial charge in [0.25, 0.3) is 0 Å². The van der Waals surface area contributed by atoms with Crippen LogP contribution in [0.5, 0.6) is 0 Å². The Bertz CT molecular complexity index is 1300. The number of benzene rings is 3. The van der Waals surface area contributed by atoms with Crippen molar-refractivity contribution in [3.05, 3.63) is 106 Å². The highest BCUT2D eigenvalue weighted by atomic mass is 16.7. The van der Waals surface area contributed by atoms with Crippen molar-refractivity contribution in [1.82, 2.24) is 0 Å². The zero-order chi connectivity index (χ0) is 41.1. The summed E-state index contributed by atoms with van der Waals surface area (Å²) in [5.74, 6) is 3.51. The van der Waals surface area contributed by atoms with E-state index in [-0.39, 0.29) is 5.79 Å². The minimum Gasteiger partial charge on any atom is -0.348 e. The highest BCUT2D eigenvalue weighted by Crippen LogP contribution is 2.35. The second-order valence-electron chi connectivity index (χ2n) is 18.3. The van der Waals surface area contributed by atoms with Crippen LogP contribution in [0.15, 0.2) is 72.8 Å². The Labute approximate surface area is 340 Å². The summed E-state index contributed by atoms with van der Waals surface area (Å²) in [4.78, 5) is 11.1. The number of rotatable bonds is 0. The molecule has 1 saturated heterocycles. The fourth-order valence-corrected chi connectivity index (χ4v) is 6.46. The van der Waals surface area contributed by atoms with E-state index in [0.29, 0.717) is 12.2 Å². The minimum absolute atomic E-state index is 0.127. The van der Waals surface area contributed by atoms with Crippen LogP contribution in [0, 0.1) is 23.7 Å². The van der Waals surface area contributed by atoms with Gasteiger partial charge in [0.05, 0.1) is 13.2 Å². The third-order valence-corrected chi connectivity index (χ3v) is 8.64. The van der Waals surface area contributed by atoms with Crippen LogP contribution in [0.1, 0.15) is 179 Å². The molecule has 0 unspecified atom stereocenters. The molecule has 0 radical (unpaired) electrons. The number of ketones is 1. The normalized spacial score (nSPS) is 16.6. The highest BCUT2D eigenvalue weighted by Gasteiger charge is 2.37. The lowest BCUT2D eigenvalue weighted by molar-refractivity contribution is -0.176. The van der Waals surface area contributed by atoms with Gasteiger partial charge in [-0.15, -0.1) is 0 Å². The Morgan fingerprint density at radius 3 is 1.09 bits per heavy atom. The van der Waals surface area contributed by atoms with E-state index >= 15 is 0 Å². The first-order valence-corrected chi connectivity index (χ1v) is 22.2. The van der Waals surface area contributed by atoms with E-state index in [1.807, 2.05) is 24.3 Å². The molecule has 3 aromatic rings. The zero-order valence-electron chi connectivity index (χ0n) is 37.8. The van der Waals surface area contributed by atoms with Crippen molar-refractivity contribution in [2.75, 3.05) is 13.2 Å². The first kappa shape index (κ1) is 50.3. The van der Waals surface area contributed by atoms with Gasteiger partial charge in [0, 0.05) is 24.8 Å². The van der Waals surface area contributed by atoms with Gasteiger partial charge in [-0.05, 0) is 116 Å². The standard InChI is InChI=1S/C10H12.C9H8O.C9H10.C8H14O2.4C4H10/c1-2-6-10-8-4-3-7-9(10)5-1;10-9-6-5-7-3-1-2-4-8(7)9;1-2-5-9-7-3-6-8(9)4-1;1-2-4-8(5-3-1)9-6-7-10-8;4*1-4(2)3/h1-2,5-6H,3-4,7-8H2;1-4H,5-6H2;1-2,4-5H,3,6-7H2;1-7H2;4*4H,1-3H3. The van der Waals surface area contributed by atoms with Crippen molar-refractivity contribution < 1.29 is 14.3 Å². The number of hydrogen-bond donors (Lipinski definition) is 0.